The predicted molar refractivity (Wildman–Crippen MR) is 428 cm³/mol. The van der Waals surface area contributed by atoms with Gasteiger partial charge >= 0.3 is 39.5 Å². The smallest absolute Gasteiger partial charge is 0.462 e. The van der Waals surface area contributed by atoms with E-state index in [1.165, 1.54) is 270 Å². The zero-order valence-corrected chi connectivity index (χ0v) is 70.1. The minimum Gasteiger partial charge on any atom is -0.462 e. The van der Waals surface area contributed by atoms with Crippen molar-refractivity contribution in [1.82, 2.24) is 0 Å². The summed E-state index contributed by atoms with van der Waals surface area (Å²) in [4.78, 5) is 73.2. The standard InChI is InChI=1S/C85H166O17P2/c1-7-9-11-13-15-17-19-21-22-23-24-27-32-38-44-50-56-62-68-83(88)96-74-81(101-84(89)69-63-57-51-45-39-33-28-25-26-30-35-41-47-53-59-65-77(3)4)76-100-104(93,94)98-72-79(86)71-97-103(91,92)99-75-80(73-95-82(87)67-61-55-49-43-37-20-18-16-14-12-10-8-2)102-85(90)70-64-58-52-46-40-34-29-31-36-42-48-54-60-66-78(5)6/h77-81,86H,7-76H2,1-6H3,(H,91,92)(H,93,94)/t79-,80+,81+/m0/s1. The van der Waals surface area contributed by atoms with Gasteiger partial charge in [-0.05, 0) is 37.5 Å². The molecule has 0 aliphatic heterocycles. The monoisotopic (exact) mass is 1520 g/mol. The summed E-state index contributed by atoms with van der Waals surface area (Å²) in [7, 11) is -9.93. The molecule has 0 radical (unpaired) electrons. The first-order valence-corrected chi connectivity index (χ1v) is 47.0. The quantitative estimate of drug-likeness (QED) is 0.0222. The Kier molecular flexibility index (Phi) is 75.0. The molecule has 0 aliphatic carbocycles. The Morgan fingerprint density at radius 3 is 0.654 bits per heavy atom. The molecule has 0 aromatic heterocycles. The van der Waals surface area contributed by atoms with Gasteiger partial charge in [0.2, 0.25) is 0 Å². The molecular formula is C85H166O17P2. The van der Waals surface area contributed by atoms with Crippen LogP contribution in [0.4, 0.5) is 0 Å². The summed E-state index contributed by atoms with van der Waals surface area (Å²) in [6.45, 7) is 9.71. The summed E-state index contributed by atoms with van der Waals surface area (Å²) in [5.41, 5.74) is 0. The highest BCUT2D eigenvalue weighted by molar-refractivity contribution is 7.47. The van der Waals surface area contributed by atoms with Crippen molar-refractivity contribution in [2.75, 3.05) is 39.6 Å². The molecule has 0 saturated carbocycles. The average Bonchev–Trinajstić information content (AvgIpc) is 0.905. The van der Waals surface area contributed by atoms with Crippen LogP contribution >= 0.6 is 15.6 Å². The normalized spacial score (nSPS) is 13.8. The molecule has 3 N–H and O–H groups in total. The van der Waals surface area contributed by atoms with Gasteiger partial charge in [0.1, 0.15) is 19.3 Å². The van der Waals surface area contributed by atoms with E-state index in [4.69, 9.17) is 37.0 Å². The molecule has 104 heavy (non-hydrogen) atoms. The SMILES string of the molecule is CCCCCCCCCCCCCCCCCCCCC(=O)OC[C@H](COP(=O)(O)OC[C@@H](O)COP(=O)(O)OC[C@@H](COC(=O)CCCCCCCCCCCCCC)OC(=O)CCCCCCCCCCCCCCCC(C)C)OC(=O)CCCCCCCCCCCCCCCCCC(C)C. The second-order valence-electron chi connectivity index (χ2n) is 31.5. The molecule has 0 saturated heterocycles. The molecule has 2 unspecified atom stereocenters. The van der Waals surface area contributed by atoms with Gasteiger partial charge in [0.25, 0.3) is 0 Å². The molecule has 0 amide bonds. The maximum absolute atomic E-state index is 13.1. The maximum atomic E-state index is 13.1. The Bertz CT molecular complexity index is 1990. The van der Waals surface area contributed by atoms with E-state index in [0.29, 0.717) is 25.7 Å². The van der Waals surface area contributed by atoms with Crippen molar-refractivity contribution in [3.8, 4) is 0 Å². The summed E-state index contributed by atoms with van der Waals surface area (Å²) >= 11 is 0. The fourth-order valence-electron chi connectivity index (χ4n) is 13.2. The van der Waals surface area contributed by atoms with Gasteiger partial charge in [-0.2, -0.15) is 0 Å². The van der Waals surface area contributed by atoms with Crippen LogP contribution in [0.1, 0.15) is 452 Å². The molecular weight excluding hydrogens is 1350 g/mol. The number of phosphoric ester groups is 2. The predicted octanol–water partition coefficient (Wildman–Crippen LogP) is 25.8. The van der Waals surface area contributed by atoms with Gasteiger partial charge in [-0.1, -0.05) is 401 Å². The molecule has 0 fully saturated rings. The summed E-state index contributed by atoms with van der Waals surface area (Å²) < 4.78 is 68.9. The number of rotatable bonds is 84. The number of unbranched alkanes of at least 4 members (excludes halogenated alkanes) is 54. The van der Waals surface area contributed by atoms with Crippen molar-refractivity contribution in [2.45, 2.75) is 471 Å². The summed E-state index contributed by atoms with van der Waals surface area (Å²) in [5, 5.41) is 10.7. The first-order valence-electron chi connectivity index (χ1n) is 44.0. The van der Waals surface area contributed by atoms with Crippen LogP contribution in [-0.2, 0) is 65.4 Å². The van der Waals surface area contributed by atoms with Gasteiger partial charge in [-0.25, -0.2) is 9.13 Å². The molecule has 19 heteroatoms. The van der Waals surface area contributed by atoms with Crippen LogP contribution in [0.3, 0.4) is 0 Å². The number of esters is 4. The molecule has 0 aliphatic rings. The van der Waals surface area contributed by atoms with Gasteiger partial charge in [-0.3, -0.25) is 37.3 Å². The maximum Gasteiger partial charge on any atom is 0.472 e. The average molecular weight is 1520 g/mol. The van der Waals surface area contributed by atoms with Crippen LogP contribution in [-0.4, -0.2) is 96.7 Å². The second kappa shape index (κ2) is 76.4. The van der Waals surface area contributed by atoms with Crippen LogP contribution < -0.4 is 0 Å². The third-order valence-corrected chi connectivity index (χ3v) is 21.9. The van der Waals surface area contributed by atoms with Gasteiger partial charge in [0, 0.05) is 25.7 Å². The molecule has 17 nitrogen and oxygen atoms in total. The zero-order chi connectivity index (χ0) is 76.4. The number of carbonyl (C=O) groups excluding carboxylic acids is 4. The molecule has 0 aromatic carbocycles. The lowest BCUT2D eigenvalue weighted by atomic mass is 10.0. The van der Waals surface area contributed by atoms with E-state index >= 15 is 0 Å². The number of hydrogen-bond acceptors (Lipinski definition) is 15. The van der Waals surface area contributed by atoms with Gasteiger partial charge < -0.3 is 33.8 Å². The van der Waals surface area contributed by atoms with Crippen LogP contribution in [0.2, 0.25) is 0 Å². The van der Waals surface area contributed by atoms with Crippen molar-refractivity contribution in [1.29, 1.82) is 0 Å². The Hall–Kier alpha value is -1.94. The first kappa shape index (κ1) is 102. The molecule has 0 spiro atoms. The third kappa shape index (κ3) is 78.2. The largest absolute Gasteiger partial charge is 0.472 e. The molecule has 618 valence electrons. The minimum atomic E-state index is -4.96. The van der Waals surface area contributed by atoms with Crippen LogP contribution in [0.25, 0.3) is 0 Å². The van der Waals surface area contributed by atoms with E-state index in [2.05, 4.69) is 41.5 Å². The number of ether oxygens (including phenoxy) is 4. The van der Waals surface area contributed by atoms with Crippen LogP contribution in [0.15, 0.2) is 0 Å². The van der Waals surface area contributed by atoms with Crippen molar-refractivity contribution in [3.05, 3.63) is 0 Å². The van der Waals surface area contributed by atoms with Gasteiger partial charge in [0.15, 0.2) is 12.2 Å². The number of carbonyl (C=O) groups is 4. The molecule has 5 atom stereocenters. The van der Waals surface area contributed by atoms with E-state index in [1.54, 1.807) is 0 Å². The topological polar surface area (TPSA) is 237 Å². The summed E-state index contributed by atoms with van der Waals surface area (Å²) in [6.07, 6.45) is 67.9. The Balaban J connectivity index is 5.26. The third-order valence-electron chi connectivity index (χ3n) is 20.0. The summed E-state index contributed by atoms with van der Waals surface area (Å²) in [6, 6.07) is 0. The fraction of sp³-hybridized carbons (Fsp3) is 0.953. The highest BCUT2D eigenvalue weighted by atomic mass is 31.2. The Labute approximate surface area is 638 Å². The lowest BCUT2D eigenvalue weighted by Gasteiger charge is -2.21. The number of aliphatic hydroxyl groups is 1. The Morgan fingerprint density at radius 1 is 0.260 bits per heavy atom. The minimum absolute atomic E-state index is 0.108. The Morgan fingerprint density at radius 2 is 0.442 bits per heavy atom. The van der Waals surface area contributed by atoms with Crippen molar-refractivity contribution in [3.63, 3.8) is 0 Å². The van der Waals surface area contributed by atoms with E-state index in [1.807, 2.05) is 0 Å². The molecule has 0 rings (SSSR count). The van der Waals surface area contributed by atoms with Gasteiger partial charge in [0.05, 0.1) is 26.4 Å². The fourth-order valence-corrected chi connectivity index (χ4v) is 14.8. The molecule has 0 heterocycles. The lowest BCUT2D eigenvalue weighted by Crippen LogP contribution is -2.30. The van der Waals surface area contributed by atoms with Gasteiger partial charge in [-0.15, -0.1) is 0 Å². The van der Waals surface area contributed by atoms with Crippen LogP contribution in [0, 0.1) is 11.8 Å². The van der Waals surface area contributed by atoms with E-state index < -0.39 is 97.5 Å². The number of hydrogen-bond donors (Lipinski definition) is 3. The summed E-state index contributed by atoms with van der Waals surface area (Å²) in [5.74, 6) is -0.512. The lowest BCUT2D eigenvalue weighted by molar-refractivity contribution is -0.161. The highest BCUT2D eigenvalue weighted by Crippen LogP contribution is 2.45. The van der Waals surface area contributed by atoms with E-state index in [0.717, 1.165) is 102 Å². The molecule has 0 bridgehead atoms. The van der Waals surface area contributed by atoms with Crippen LogP contribution in [0.5, 0.6) is 0 Å². The van der Waals surface area contributed by atoms with Crippen molar-refractivity contribution in [2.24, 2.45) is 11.8 Å². The number of phosphoric acid groups is 2. The van der Waals surface area contributed by atoms with E-state index in [9.17, 15) is 43.2 Å². The van der Waals surface area contributed by atoms with Crippen molar-refractivity contribution < 1.29 is 80.2 Å². The number of aliphatic hydroxyl groups excluding tert-OH is 1. The highest BCUT2D eigenvalue weighted by Gasteiger charge is 2.30. The molecule has 0 aromatic rings. The van der Waals surface area contributed by atoms with Crippen molar-refractivity contribution >= 4 is 39.5 Å². The first-order chi connectivity index (χ1) is 50.4. The van der Waals surface area contributed by atoms with E-state index in [-0.39, 0.29) is 25.7 Å². The zero-order valence-electron chi connectivity index (χ0n) is 68.3. The second-order valence-corrected chi connectivity index (χ2v) is 34.4.